The molecule has 1 aromatic rings. The van der Waals surface area contributed by atoms with Crippen molar-refractivity contribution in [2.24, 2.45) is 5.73 Å². The zero-order chi connectivity index (χ0) is 9.84. The van der Waals surface area contributed by atoms with Gasteiger partial charge in [0.15, 0.2) is 0 Å². The number of amides is 1. The van der Waals surface area contributed by atoms with Gasteiger partial charge in [0.2, 0.25) is 5.91 Å². The van der Waals surface area contributed by atoms with Crippen LogP contribution in [0.25, 0.3) is 0 Å². The van der Waals surface area contributed by atoms with E-state index < -0.39 is 12.0 Å². The van der Waals surface area contributed by atoms with Crippen LogP contribution in [0.5, 0.6) is 0 Å². The van der Waals surface area contributed by atoms with E-state index in [1.165, 1.54) is 0 Å². The Labute approximate surface area is 76.4 Å². The zero-order valence-electron chi connectivity index (χ0n) is 7.34. The number of carbonyl (C=O) groups is 1. The third-order valence-electron chi connectivity index (χ3n) is 1.92. The van der Waals surface area contributed by atoms with Crippen LogP contribution in [0.1, 0.15) is 18.5 Å². The number of aliphatic hydroxyl groups excluding tert-OH is 1. The van der Waals surface area contributed by atoms with E-state index in [-0.39, 0.29) is 5.92 Å². The summed E-state index contributed by atoms with van der Waals surface area (Å²) >= 11 is 0. The Morgan fingerprint density at radius 3 is 2.77 bits per heavy atom. The van der Waals surface area contributed by atoms with E-state index in [0.717, 1.165) is 0 Å². The van der Waals surface area contributed by atoms with E-state index in [1.54, 1.807) is 31.3 Å². The number of aromatic nitrogens is 1. The zero-order valence-corrected chi connectivity index (χ0v) is 7.34. The molecule has 13 heavy (non-hydrogen) atoms. The van der Waals surface area contributed by atoms with Gasteiger partial charge in [0.25, 0.3) is 0 Å². The Bertz CT molecular complexity index is 287. The first-order valence-corrected chi connectivity index (χ1v) is 4.01. The molecule has 0 aliphatic heterocycles. The Morgan fingerprint density at radius 2 is 2.31 bits per heavy atom. The summed E-state index contributed by atoms with van der Waals surface area (Å²) in [5.74, 6) is -1.09. The maximum Gasteiger partial charge on any atom is 0.246 e. The lowest BCUT2D eigenvalue weighted by Crippen LogP contribution is -2.33. The number of hydrogen-bond donors (Lipinski definition) is 2. The molecule has 0 fully saturated rings. The number of carbonyl (C=O) groups excluding carboxylic acids is 1. The first-order valence-electron chi connectivity index (χ1n) is 4.01. The van der Waals surface area contributed by atoms with Crippen molar-refractivity contribution in [3.8, 4) is 0 Å². The smallest absolute Gasteiger partial charge is 0.246 e. The van der Waals surface area contributed by atoms with Crippen molar-refractivity contribution in [1.29, 1.82) is 0 Å². The molecule has 4 heteroatoms. The molecule has 4 nitrogen and oxygen atoms in total. The molecule has 0 saturated carbocycles. The molecule has 0 aliphatic rings. The predicted molar refractivity (Wildman–Crippen MR) is 47.9 cm³/mol. The molecule has 0 saturated heterocycles. The van der Waals surface area contributed by atoms with Crippen LogP contribution in [0.2, 0.25) is 0 Å². The van der Waals surface area contributed by atoms with E-state index in [1.807, 2.05) is 0 Å². The van der Waals surface area contributed by atoms with Gasteiger partial charge in [0, 0.05) is 17.8 Å². The normalized spacial score (nSPS) is 14.9. The molecular formula is C9H12N2O2. The van der Waals surface area contributed by atoms with Crippen LogP contribution in [0.4, 0.5) is 0 Å². The summed E-state index contributed by atoms with van der Waals surface area (Å²) in [6.45, 7) is 1.71. The summed E-state index contributed by atoms with van der Waals surface area (Å²) in [5.41, 5.74) is 5.62. The van der Waals surface area contributed by atoms with E-state index in [4.69, 9.17) is 5.73 Å². The van der Waals surface area contributed by atoms with Crippen molar-refractivity contribution in [3.05, 3.63) is 30.1 Å². The second kappa shape index (κ2) is 4.00. The van der Waals surface area contributed by atoms with Crippen LogP contribution < -0.4 is 5.73 Å². The fourth-order valence-electron chi connectivity index (χ4n) is 1.05. The topological polar surface area (TPSA) is 76.2 Å². The SMILES string of the molecule is CC(c1ccccn1)C(O)C(N)=O. The van der Waals surface area contributed by atoms with Gasteiger partial charge in [-0.25, -0.2) is 0 Å². The van der Waals surface area contributed by atoms with Gasteiger partial charge in [-0.05, 0) is 12.1 Å². The van der Waals surface area contributed by atoms with Gasteiger partial charge in [-0.15, -0.1) is 0 Å². The minimum absolute atomic E-state index is 0.362. The molecule has 70 valence electrons. The first-order chi connectivity index (χ1) is 6.13. The van der Waals surface area contributed by atoms with Gasteiger partial charge < -0.3 is 10.8 Å². The molecule has 0 aromatic carbocycles. The van der Waals surface area contributed by atoms with Gasteiger partial charge in [-0.1, -0.05) is 13.0 Å². The molecule has 1 heterocycles. The van der Waals surface area contributed by atoms with Crippen LogP contribution in [-0.4, -0.2) is 22.1 Å². The second-order valence-electron chi connectivity index (χ2n) is 2.89. The van der Waals surface area contributed by atoms with Crippen molar-refractivity contribution in [3.63, 3.8) is 0 Å². The monoisotopic (exact) mass is 180 g/mol. The summed E-state index contributed by atoms with van der Waals surface area (Å²) in [6, 6.07) is 5.32. The van der Waals surface area contributed by atoms with Crippen molar-refractivity contribution < 1.29 is 9.90 Å². The maximum absolute atomic E-state index is 10.7. The Kier molecular flexibility index (Phi) is 2.97. The fraction of sp³-hybridized carbons (Fsp3) is 0.333. The number of nitrogens with zero attached hydrogens (tertiary/aromatic N) is 1. The molecule has 1 rings (SSSR count). The number of nitrogens with two attached hydrogens (primary N) is 1. The number of hydrogen-bond acceptors (Lipinski definition) is 3. The Balaban J connectivity index is 2.79. The lowest BCUT2D eigenvalue weighted by Gasteiger charge is -2.14. The molecule has 0 bridgehead atoms. The Hall–Kier alpha value is -1.42. The fourth-order valence-corrected chi connectivity index (χ4v) is 1.05. The number of aliphatic hydroxyl groups is 1. The Morgan fingerprint density at radius 1 is 1.62 bits per heavy atom. The summed E-state index contributed by atoms with van der Waals surface area (Å²) in [7, 11) is 0. The van der Waals surface area contributed by atoms with Crippen LogP contribution in [0.15, 0.2) is 24.4 Å². The molecule has 0 spiro atoms. The third-order valence-corrected chi connectivity index (χ3v) is 1.92. The van der Waals surface area contributed by atoms with Gasteiger partial charge in [-0.3, -0.25) is 9.78 Å². The summed E-state index contributed by atoms with van der Waals surface area (Å²) < 4.78 is 0. The van der Waals surface area contributed by atoms with Crippen molar-refractivity contribution in [2.75, 3.05) is 0 Å². The molecule has 3 N–H and O–H groups in total. The molecule has 0 radical (unpaired) electrons. The van der Waals surface area contributed by atoms with Crippen molar-refractivity contribution in [1.82, 2.24) is 4.98 Å². The minimum atomic E-state index is -1.17. The standard InChI is InChI=1S/C9H12N2O2/c1-6(8(12)9(10)13)7-4-2-3-5-11-7/h2-6,8,12H,1H3,(H2,10,13). The molecular weight excluding hydrogens is 168 g/mol. The molecule has 1 amide bonds. The average molecular weight is 180 g/mol. The molecule has 1 aromatic heterocycles. The highest BCUT2D eigenvalue weighted by atomic mass is 16.3. The largest absolute Gasteiger partial charge is 0.383 e. The summed E-state index contributed by atoms with van der Waals surface area (Å²) in [5, 5.41) is 9.33. The highest BCUT2D eigenvalue weighted by molar-refractivity contribution is 5.79. The third kappa shape index (κ3) is 2.26. The van der Waals surface area contributed by atoms with E-state index in [2.05, 4.69) is 4.98 Å². The molecule has 0 aliphatic carbocycles. The first kappa shape index (κ1) is 9.67. The number of pyridine rings is 1. The van der Waals surface area contributed by atoms with Crippen LogP contribution >= 0.6 is 0 Å². The summed E-state index contributed by atoms with van der Waals surface area (Å²) in [6.07, 6.45) is 0.439. The highest BCUT2D eigenvalue weighted by Gasteiger charge is 2.21. The van der Waals surface area contributed by atoms with E-state index in [0.29, 0.717) is 5.69 Å². The lowest BCUT2D eigenvalue weighted by molar-refractivity contribution is -0.126. The highest BCUT2D eigenvalue weighted by Crippen LogP contribution is 2.15. The number of rotatable bonds is 3. The molecule has 2 atom stereocenters. The van der Waals surface area contributed by atoms with E-state index >= 15 is 0 Å². The average Bonchev–Trinajstić information content (AvgIpc) is 2.17. The lowest BCUT2D eigenvalue weighted by atomic mass is 10.00. The van der Waals surface area contributed by atoms with Gasteiger partial charge in [0.1, 0.15) is 6.10 Å². The van der Waals surface area contributed by atoms with Crippen molar-refractivity contribution >= 4 is 5.91 Å². The minimum Gasteiger partial charge on any atom is -0.383 e. The van der Waals surface area contributed by atoms with Gasteiger partial charge in [0.05, 0.1) is 0 Å². The molecule has 2 unspecified atom stereocenters. The van der Waals surface area contributed by atoms with Crippen LogP contribution in [0, 0.1) is 0 Å². The maximum atomic E-state index is 10.7. The van der Waals surface area contributed by atoms with Gasteiger partial charge >= 0.3 is 0 Å². The quantitative estimate of drug-likeness (QED) is 0.689. The van der Waals surface area contributed by atoms with Crippen LogP contribution in [-0.2, 0) is 4.79 Å². The number of primary amides is 1. The second-order valence-corrected chi connectivity index (χ2v) is 2.89. The van der Waals surface area contributed by atoms with E-state index in [9.17, 15) is 9.90 Å². The van der Waals surface area contributed by atoms with Crippen molar-refractivity contribution in [2.45, 2.75) is 18.9 Å². The van der Waals surface area contributed by atoms with Gasteiger partial charge in [-0.2, -0.15) is 0 Å². The predicted octanol–water partition coefficient (Wildman–Crippen LogP) is 0.0313. The summed E-state index contributed by atoms with van der Waals surface area (Å²) in [4.78, 5) is 14.7. The van der Waals surface area contributed by atoms with Crippen LogP contribution in [0.3, 0.4) is 0 Å².